The van der Waals surface area contributed by atoms with E-state index in [2.05, 4.69) is 17.0 Å². The highest BCUT2D eigenvalue weighted by atomic mass is 16.6. The number of ether oxygens (including phenoxy) is 1. The van der Waals surface area contributed by atoms with E-state index >= 15 is 0 Å². The summed E-state index contributed by atoms with van der Waals surface area (Å²) in [4.78, 5) is 29.1. The van der Waals surface area contributed by atoms with Gasteiger partial charge in [0.05, 0.1) is 5.41 Å². The molecule has 2 aromatic carbocycles. The third-order valence-corrected chi connectivity index (χ3v) is 6.10. The molecule has 0 saturated carbocycles. The van der Waals surface area contributed by atoms with Crippen LogP contribution in [0.1, 0.15) is 24.0 Å². The number of benzene rings is 2. The summed E-state index contributed by atoms with van der Waals surface area (Å²) in [5.41, 5.74) is 7.39. The molecule has 2 heterocycles. The van der Waals surface area contributed by atoms with Crippen LogP contribution in [0, 0.1) is 5.41 Å². The highest BCUT2D eigenvalue weighted by molar-refractivity contribution is 5.82. The molecule has 2 aromatic rings. The van der Waals surface area contributed by atoms with E-state index in [1.54, 1.807) is 4.90 Å². The number of fused-ring (bicyclic) bond motifs is 2. The summed E-state index contributed by atoms with van der Waals surface area (Å²) in [5.74, 6) is -0.266. The van der Waals surface area contributed by atoms with E-state index in [1.165, 1.54) is 5.56 Å². The van der Waals surface area contributed by atoms with Crippen LogP contribution in [0.2, 0.25) is 0 Å². The van der Waals surface area contributed by atoms with Crippen LogP contribution in [-0.4, -0.2) is 47.5 Å². The SMILES string of the molecule is NC(=O)C12CCN(C(=O)OCc3ccccc3)C(CN(Cc3ccccc3)C1)C2. The first-order valence-electron chi connectivity index (χ1n) is 10.1. The van der Waals surface area contributed by atoms with Gasteiger partial charge in [0.2, 0.25) is 5.91 Å². The lowest BCUT2D eigenvalue weighted by Gasteiger charge is -2.51. The van der Waals surface area contributed by atoms with Crippen LogP contribution in [0.25, 0.3) is 0 Å². The summed E-state index contributed by atoms with van der Waals surface area (Å²) in [6.45, 7) is 2.84. The fourth-order valence-corrected chi connectivity index (χ4v) is 4.58. The Kier molecular flexibility index (Phi) is 5.53. The van der Waals surface area contributed by atoms with Crippen molar-refractivity contribution in [2.45, 2.75) is 32.0 Å². The van der Waals surface area contributed by atoms with E-state index in [4.69, 9.17) is 10.5 Å². The topological polar surface area (TPSA) is 75.9 Å². The van der Waals surface area contributed by atoms with Crippen molar-refractivity contribution in [1.82, 2.24) is 9.80 Å². The van der Waals surface area contributed by atoms with E-state index in [0.717, 1.165) is 12.1 Å². The minimum absolute atomic E-state index is 0.0722. The molecule has 2 amide bonds. The highest BCUT2D eigenvalue weighted by Gasteiger charge is 2.50. The van der Waals surface area contributed by atoms with E-state index in [1.807, 2.05) is 48.5 Å². The maximum absolute atomic E-state index is 12.8. The summed E-state index contributed by atoms with van der Waals surface area (Å²) < 4.78 is 5.56. The molecule has 2 bridgehead atoms. The zero-order valence-corrected chi connectivity index (χ0v) is 16.5. The fraction of sp³-hybridized carbons (Fsp3) is 0.391. The first-order valence-corrected chi connectivity index (χ1v) is 10.1. The quantitative estimate of drug-likeness (QED) is 0.848. The number of nitrogens with two attached hydrogens (primary N) is 1. The van der Waals surface area contributed by atoms with Crippen molar-refractivity contribution in [2.24, 2.45) is 11.1 Å². The van der Waals surface area contributed by atoms with Gasteiger partial charge in [0, 0.05) is 32.2 Å². The number of primary amides is 1. The van der Waals surface area contributed by atoms with Gasteiger partial charge in [0.25, 0.3) is 0 Å². The number of carbonyl (C=O) groups is 2. The minimum Gasteiger partial charge on any atom is -0.445 e. The zero-order valence-electron chi connectivity index (χ0n) is 16.5. The molecular weight excluding hydrogens is 366 g/mol. The number of hydrogen-bond donors (Lipinski definition) is 1. The van der Waals surface area contributed by atoms with Gasteiger partial charge >= 0.3 is 6.09 Å². The maximum atomic E-state index is 12.8. The molecule has 29 heavy (non-hydrogen) atoms. The Bertz CT molecular complexity index is 858. The van der Waals surface area contributed by atoms with Crippen molar-refractivity contribution in [3.05, 3.63) is 71.8 Å². The molecule has 2 unspecified atom stereocenters. The van der Waals surface area contributed by atoms with Gasteiger partial charge in [-0.2, -0.15) is 0 Å². The summed E-state index contributed by atoms with van der Waals surface area (Å²) in [6.07, 6.45) is 0.858. The normalized spacial score (nSPS) is 24.1. The molecule has 0 radical (unpaired) electrons. The van der Waals surface area contributed by atoms with Gasteiger partial charge in [0.1, 0.15) is 6.61 Å². The lowest BCUT2D eigenvalue weighted by atomic mass is 9.71. The van der Waals surface area contributed by atoms with Crippen LogP contribution in [0.15, 0.2) is 60.7 Å². The zero-order chi connectivity index (χ0) is 20.3. The third-order valence-electron chi connectivity index (χ3n) is 6.10. The fourth-order valence-electron chi connectivity index (χ4n) is 4.58. The van der Waals surface area contributed by atoms with Crippen LogP contribution >= 0.6 is 0 Å². The number of carbonyl (C=O) groups excluding carboxylic acids is 2. The van der Waals surface area contributed by atoms with E-state index < -0.39 is 5.41 Å². The Morgan fingerprint density at radius 2 is 1.69 bits per heavy atom. The van der Waals surface area contributed by atoms with Gasteiger partial charge < -0.3 is 15.4 Å². The lowest BCUT2D eigenvalue weighted by Crippen LogP contribution is -2.64. The first kappa shape index (κ1) is 19.5. The molecule has 0 aromatic heterocycles. The molecule has 2 aliphatic heterocycles. The van der Waals surface area contributed by atoms with Gasteiger partial charge in [-0.1, -0.05) is 60.7 Å². The predicted molar refractivity (Wildman–Crippen MR) is 110 cm³/mol. The standard InChI is InChI=1S/C23H27N3O3/c24-21(27)23-11-12-26(22(28)29-16-19-9-5-2-6-10-19)20(13-23)15-25(17-23)14-18-7-3-1-4-8-18/h1-10,20H,11-17H2,(H2,24,27). The number of amides is 2. The second kappa shape index (κ2) is 8.25. The van der Waals surface area contributed by atoms with Crippen LogP contribution in [0.3, 0.4) is 0 Å². The summed E-state index contributed by atoms with van der Waals surface area (Å²) in [5, 5.41) is 0. The molecule has 6 nitrogen and oxygen atoms in total. The molecule has 2 atom stereocenters. The molecular formula is C23H27N3O3. The highest BCUT2D eigenvalue weighted by Crippen LogP contribution is 2.40. The van der Waals surface area contributed by atoms with Gasteiger partial charge in [-0.15, -0.1) is 0 Å². The Labute approximate surface area is 171 Å². The minimum atomic E-state index is -0.575. The molecule has 2 fully saturated rings. The molecule has 0 spiro atoms. The summed E-state index contributed by atoms with van der Waals surface area (Å²) >= 11 is 0. The monoisotopic (exact) mass is 393 g/mol. The van der Waals surface area contributed by atoms with Crippen LogP contribution in [-0.2, 0) is 22.7 Å². The van der Waals surface area contributed by atoms with Gasteiger partial charge in [0.15, 0.2) is 0 Å². The van der Waals surface area contributed by atoms with Gasteiger partial charge in [-0.3, -0.25) is 9.69 Å². The summed E-state index contributed by atoms with van der Waals surface area (Å²) in [6, 6.07) is 19.7. The maximum Gasteiger partial charge on any atom is 0.410 e. The molecule has 2 saturated heterocycles. The average molecular weight is 393 g/mol. The average Bonchev–Trinajstić information content (AvgIpc) is 2.73. The number of likely N-dealkylation sites (tertiary alicyclic amines) is 2. The third kappa shape index (κ3) is 4.27. The van der Waals surface area contributed by atoms with Crippen molar-refractivity contribution in [3.8, 4) is 0 Å². The number of piperidine rings is 2. The Hall–Kier alpha value is -2.86. The Morgan fingerprint density at radius 3 is 2.34 bits per heavy atom. The number of nitrogens with zero attached hydrogens (tertiary/aromatic N) is 2. The molecule has 6 heteroatoms. The van der Waals surface area contributed by atoms with Gasteiger partial charge in [-0.25, -0.2) is 4.79 Å². The van der Waals surface area contributed by atoms with E-state index in [0.29, 0.717) is 32.5 Å². The van der Waals surface area contributed by atoms with Crippen LogP contribution < -0.4 is 5.73 Å². The smallest absolute Gasteiger partial charge is 0.410 e. The second-order valence-corrected chi connectivity index (χ2v) is 8.14. The Morgan fingerprint density at radius 1 is 1.03 bits per heavy atom. The largest absolute Gasteiger partial charge is 0.445 e. The van der Waals surface area contributed by atoms with Crippen molar-refractivity contribution >= 4 is 12.0 Å². The molecule has 2 aliphatic rings. The lowest BCUT2D eigenvalue weighted by molar-refractivity contribution is -0.138. The van der Waals surface area contributed by atoms with Crippen molar-refractivity contribution in [3.63, 3.8) is 0 Å². The molecule has 152 valence electrons. The number of rotatable bonds is 5. The first-order chi connectivity index (χ1) is 14.1. The van der Waals surface area contributed by atoms with Gasteiger partial charge in [-0.05, 0) is 24.0 Å². The van der Waals surface area contributed by atoms with Crippen molar-refractivity contribution in [1.29, 1.82) is 0 Å². The Balaban J connectivity index is 1.46. The molecule has 4 rings (SSSR count). The molecule has 0 aliphatic carbocycles. The van der Waals surface area contributed by atoms with Crippen molar-refractivity contribution < 1.29 is 14.3 Å². The van der Waals surface area contributed by atoms with Crippen LogP contribution in [0.5, 0.6) is 0 Å². The second-order valence-electron chi connectivity index (χ2n) is 8.14. The predicted octanol–water partition coefficient (Wildman–Crippen LogP) is 2.78. The van der Waals surface area contributed by atoms with E-state index in [-0.39, 0.29) is 24.6 Å². The van der Waals surface area contributed by atoms with Crippen molar-refractivity contribution in [2.75, 3.05) is 19.6 Å². The number of hydrogen-bond acceptors (Lipinski definition) is 4. The van der Waals surface area contributed by atoms with E-state index in [9.17, 15) is 9.59 Å². The van der Waals surface area contributed by atoms with Crippen LogP contribution in [0.4, 0.5) is 4.79 Å². The summed E-state index contributed by atoms with van der Waals surface area (Å²) in [7, 11) is 0. The molecule has 2 N–H and O–H groups in total.